The maximum Gasteiger partial charge on any atom is 0.262 e. The summed E-state index contributed by atoms with van der Waals surface area (Å²) in [6.07, 6.45) is 2.99. The van der Waals surface area contributed by atoms with Gasteiger partial charge in [-0.05, 0) is 77.2 Å². The highest BCUT2D eigenvalue weighted by Gasteiger charge is 2.22. The molecular formula is C38H36N6O7. The highest BCUT2D eigenvalue weighted by Crippen LogP contribution is 2.38. The number of carbonyl (C=O) groups is 1. The zero-order valence-corrected chi connectivity index (χ0v) is 28.6. The molecule has 0 radical (unpaired) electrons. The summed E-state index contributed by atoms with van der Waals surface area (Å²) in [4.78, 5) is 30.4. The van der Waals surface area contributed by atoms with Crippen molar-refractivity contribution < 1.29 is 28.2 Å². The Labute approximate surface area is 293 Å². The van der Waals surface area contributed by atoms with Crippen LogP contribution in [0.4, 0.5) is 5.69 Å². The summed E-state index contributed by atoms with van der Waals surface area (Å²) in [5.41, 5.74) is 4.93. The van der Waals surface area contributed by atoms with Crippen LogP contribution in [0.15, 0.2) is 88.3 Å². The summed E-state index contributed by atoms with van der Waals surface area (Å²) >= 11 is 0. The summed E-state index contributed by atoms with van der Waals surface area (Å²) in [6.45, 7) is 2.74. The predicted octanol–water partition coefficient (Wildman–Crippen LogP) is 5.32. The Balaban J connectivity index is 1.08. The minimum atomic E-state index is -0.667. The Morgan fingerprint density at radius 1 is 0.863 bits per heavy atom. The SMILES string of the molecule is COc1cc2c(cc1OC)CN(CCc1ccc(-n3nnc(-c4cc(OC)c(OC)cc4NC(=O)c4coc5ccccc5c4=O)n3)cc1)CC2. The van der Waals surface area contributed by atoms with E-state index >= 15 is 0 Å². The van der Waals surface area contributed by atoms with Crippen molar-refractivity contribution >= 4 is 22.6 Å². The predicted molar refractivity (Wildman–Crippen MR) is 190 cm³/mol. The lowest BCUT2D eigenvalue weighted by Gasteiger charge is -2.29. The number of methoxy groups -OCH3 is 4. The highest BCUT2D eigenvalue weighted by molar-refractivity contribution is 6.07. The number of hydrogen-bond donors (Lipinski definition) is 1. The van der Waals surface area contributed by atoms with Crippen molar-refractivity contribution in [1.29, 1.82) is 0 Å². The van der Waals surface area contributed by atoms with E-state index in [1.807, 2.05) is 12.1 Å². The lowest BCUT2D eigenvalue weighted by Crippen LogP contribution is -2.32. The summed E-state index contributed by atoms with van der Waals surface area (Å²) in [6, 6.07) is 22.1. The molecule has 4 aromatic carbocycles. The van der Waals surface area contributed by atoms with Crippen molar-refractivity contribution in [3.8, 4) is 40.1 Å². The Bertz CT molecular complexity index is 2280. The van der Waals surface area contributed by atoms with Crippen LogP contribution >= 0.6 is 0 Å². The zero-order valence-electron chi connectivity index (χ0n) is 28.6. The number of ether oxygens (including phenoxy) is 4. The van der Waals surface area contributed by atoms with Crippen LogP contribution in [0.5, 0.6) is 23.0 Å². The van der Waals surface area contributed by atoms with Crippen LogP contribution in [-0.2, 0) is 19.4 Å². The van der Waals surface area contributed by atoms with E-state index in [0.717, 1.165) is 50.2 Å². The Hall–Kier alpha value is -6.21. The number of nitrogens with one attached hydrogen (secondary N) is 1. The molecule has 1 amide bonds. The van der Waals surface area contributed by atoms with Crippen molar-refractivity contribution in [2.45, 2.75) is 19.4 Å². The Morgan fingerprint density at radius 3 is 2.29 bits per heavy atom. The number of rotatable bonds is 11. The molecule has 0 aliphatic carbocycles. The quantitative estimate of drug-likeness (QED) is 0.189. The van der Waals surface area contributed by atoms with Gasteiger partial charge in [-0.15, -0.1) is 15.0 Å². The molecular weight excluding hydrogens is 652 g/mol. The van der Waals surface area contributed by atoms with Crippen LogP contribution in [0.25, 0.3) is 28.0 Å². The van der Waals surface area contributed by atoms with Gasteiger partial charge in [0.1, 0.15) is 17.4 Å². The molecule has 51 heavy (non-hydrogen) atoms. The molecule has 0 saturated heterocycles. The van der Waals surface area contributed by atoms with Gasteiger partial charge in [-0.3, -0.25) is 14.5 Å². The number of fused-ring (bicyclic) bond motifs is 2. The first-order valence-corrected chi connectivity index (χ1v) is 16.3. The average Bonchev–Trinajstić information content (AvgIpc) is 3.67. The van der Waals surface area contributed by atoms with Gasteiger partial charge in [-0.25, -0.2) is 0 Å². The first-order chi connectivity index (χ1) is 24.9. The molecule has 0 unspecified atom stereocenters. The van der Waals surface area contributed by atoms with Gasteiger partial charge in [0.25, 0.3) is 5.91 Å². The third-order valence-electron chi connectivity index (χ3n) is 9.03. The summed E-state index contributed by atoms with van der Waals surface area (Å²) in [5.74, 6) is 1.83. The molecule has 0 fully saturated rings. The standard InChI is InChI=1S/C38H36N6O7/c1-47-32-17-24-14-16-43(21-25(24)18-33(32)48-2)15-13-23-9-11-26(12-10-23)44-41-37(40-42-44)28-19-34(49-3)35(50-4)20-30(28)39-38(46)29-22-51-31-8-6-5-7-27(31)36(29)45/h5-12,17-20,22H,13-16,21H2,1-4H3,(H,39,46). The molecule has 0 atom stereocenters. The van der Waals surface area contributed by atoms with E-state index in [1.165, 1.54) is 35.7 Å². The Morgan fingerprint density at radius 2 is 1.55 bits per heavy atom. The van der Waals surface area contributed by atoms with Crippen molar-refractivity contribution in [3.05, 3.63) is 112 Å². The van der Waals surface area contributed by atoms with Gasteiger partial charge in [-0.1, -0.05) is 24.3 Å². The molecule has 6 aromatic rings. The van der Waals surface area contributed by atoms with Crippen LogP contribution in [0.1, 0.15) is 27.0 Å². The molecule has 260 valence electrons. The van der Waals surface area contributed by atoms with Crippen molar-refractivity contribution in [3.63, 3.8) is 0 Å². The van der Waals surface area contributed by atoms with E-state index in [9.17, 15) is 9.59 Å². The fourth-order valence-corrected chi connectivity index (χ4v) is 6.24. The number of nitrogens with zero attached hydrogens (tertiary/aromatic N) is 5. The number of tetrazole rings is 1. The monoisotopic (exact) mass is 688 g/mol. The van der Waals surface area contributed by atoms with Crippen LogP contribution < -0.4 is 29.7 Å². The van der Waals surface area contributed by atoms with Crippen LogP contribution in [-0.4, -0.2) is 72.5 Å². The second-order valence-electron chi connectivity index (χ2n) is 12.0. The molecule has 7 rings (SSSR count). The third kappa shape index (κ3) is 6.71. The number of benzene rings is 4. The van der Waals surface area contributed by atoms with E-state index in [-0.39, 0.29) is 17.1 Å². The maximum absolute atomic E-state index is 13.4. The fraction of sp³-hybridized carbons (Fsp3) is 0.237. The molecule has 13 heteroatoms. The van der Waals surface area contributed by atoms with Gasteiger partial charge >= 0.3 is 0 Å². The topological polar surface area (TPSA) is 143 Å². The Kier molecular flexibility index (Phi) is 9.36. The molecule has 3 heterocycles. The molecule has 0 saturated carbocycles. The molecule has 1 aliphatic rings. The molecule has 0 spiro atoms. The van der Waals surface area contributed by atoms with Gasteiger partial charge in [0.2, 0.25) is 11.3 Å². The maximum atomic E-state index is 13.4. The van der Waals surface area contributed by atoms with Gasteiger partial charge < -0.3 is 28.7 Å². The fourth-order valence-electron chi connectivity index (χ4n) is 6.24. The number of para-hydroxylation sites is 1. The van der Waals surface area contributed by atoms with E-state index < -0.39 is 11.3 Å². The minimum absolute atomic E-state index is 0.155. The van der Waals surface area contributed by atoms with E-state index in [2.05, 4.69) is 49.9 Å². The number of amides is 1. The normalized spacial score (nSPS) is 12.7. The minimum Gasteiger partial charge on any atom is -0.493 e. The van der Waals surface area contributed by atoms with Crippen molar-refractivity contribution in [2.75, 3.05) is 46.8 Å². The lowest BCUT2D eigenvalue weighted by atomic mass is 9.98. The van der Waals surface area contributed by atoms with E-state index in [1.54, 1.807) is 50.6 Å². The van der Waals surface area contributed by atoms with E-state index in [0.29, 0.717) is 33.7 Å². The zero-order chi connectivity index (χ0) is 35.5. The smallest absolute Gasteiger partial charge is 0.262 e. The van der Waals surface area contributed by atoms with E-state index in [4.69, 9.17) is 23.4 Å². The van der Waals surface area contributed by atoms with Crippen LogP contribution in [0, 0.1) is 0 Å². The second kappa shape index (κ2) is 14.3. The highest BCUT2D eigenvalue weighted by atomic mass is 16.5. The van der Waals surface area contributed by atoms with Gasteiger partial charge in [0, 0.05) is 25.7 Å². The number of hydrogen-bond acceptors (Lipinski definition) is 11. The molecule has 1 N–H and O–H groups in total. The molecule has 1 aliphatic heterocycles. The van der Waals surface area contributed by atoms with Gasteiger partial charge in [0.15, 0.2) is 23.0 Å². The number of aromatic nitrogens is 4. The first kappa shape index (κ1) is 33.3. The average molecular weight is 689 g/mol. The largest absolute Gasteiger partial charge is 0.493 e. The molecule has 0 bridgehead atoms. The summed E-state index contributed by atoms with van der Waals surface area (Å²) in [5, 5.41) is 16.3. The second-order valence-corrected chi connectivity index (χ2v) is 12.0. The summed E-state index contributed by atoms with van der Waals surface area (Å²) in [7, 11) is 6.31. The third-order valence-corrected chi connectivity index (χ3v) is 9.03. The lowest BCUT2D eigenvalue weighted by molar-refractivity contribution is 0.102. The van der Waals surface area contributed by atoms with Gasteiger partial charge in [-0.2, -0.15) is 0 Å². The molecule has 13 nitrogen and oxygen atoms in total. The van der Waals surface area contributed by atoms with Gasteiger partial charge in [0.05, 0.1) is 50.8 Å². The number of anilines is 1. The summed E-state index contributed by atoms with van der Waals surface area (Å²) < 4.78 is 27.6. The van der Waals surface area contributed by atoms with Crippen LogP contribution in [0.3, 0.4) is 0 Å². The number of carbonyl (C=O) groups excluding carboxylic acids is 1. The van der Waals surface area contributed by atoms with Crippen molar-refractivity contribution in [1.82, 2.24) is 25.1 Å². The van der Waals surface area contributed by atoms with Crippen LogP contribution in [0.2, 0.25) is 0 Å². The first-order valence-electron chi connectivity index (χ1n) is 16.3. The molecule has 2 aromatic heterocycles. The van der Waals surface area contributed by atoms with Crippen molar-refractivity contribution in [2.24, 2.45) is 0 Å².